The van der Waals surface area contributed by atoms with Gasteiger partial charge in [-0.15, -0.1) is 13.2 Å². The van der Waals surface area contributed by atoms with Gasteiger partial charge in [-0.3, -0.25) is 9.52 Å². The van der Waals surface area contributed by atoms with E-state index < -0.39 is 23.8 Å². The van der Waals surface area contributed by atoms with Gasteiger partial charge in [0.05, 0.1) is 10.6 Å². The minimum absolute atomic E-state index is 0.0772. The van der Waals surface area contributed by atoms with Crippen molar-refractivity contribution in [3.05, 3.63) is 52.3 Å². The van der Waals surface area contributed by atoms with Gasteiger partial charge in [0.2, 0.25) is 0 Å². The zero-order valence-corrected chi connectivity index (χ0v) is 15.0. The van der Waals surface area contributed by atoms with E-state index in [0.29, 0.717) is 5.56 Å². The summed E-state index contributed by atoms with van der Waals surface area (Å²) >= 11 is 6.77. The fourth-order valence-electron chi connectivity index (χ4n) is 1.97. The maximum Gasteiger partial charge on any atom is 0.573 e. The molecule has 4 nitrogen and oxygen atoms in total. The smallest absolute Gasteiger partial charge is 0.457 e. The van der Waals surface area contributed by atoms with E-state index in [-0.39, 0.29) is 22.1 Å². The highest BCUT2D eigenvalue weighted by molar-refractivity contribution is 7.97. The van der Waals surface area contributed by atoms with Crippen LogP contribution < -0.4 is 14.2 Å². The molecule has 0 unspecified atom stereocenters. The Hall–Kier alpha value is -2.13. The molecule has 1 N–H and O–H groups in total. The molecule has 0 aliphatic rings. The van der Waals surface area contributed by atoms with Crippen LogP contribution in [0, 0.1) is 12.7 Å². The molecule has 0 heterocycles. The minimum atomic E-state index is -4.88. The van der Waals surface area contributed by atoms with Crippen molar-refractivity contribution in [2.75, 3.05) is 6.26 Å². The molecular formula is C16H12ClF4NO3S. The van der Waals surface area contributed by atoms with E-state index in [2.05, 4.69) is 9.46 Å². The van der Waals surface area contributed by atoms with Crippen molar-refractivity contribution < 1.29 is 31.8 Å². The summed E-state index contributed by atoms with van der Waals surface area (Å²) in [6.07, 6.45) is -3.26. The first kappa shape index (κ1) is 20.2. The lowest BCUT2D eigenvalue weighted by molar-refractivity contribution is -0.274. The van der Waals surface area contributed by atoms with Crippen LogP contribution in [0.1, 0.15) is 15.9 Å². The molecule has 0 aliphatic carbocycles. The maximum atomic E-state index is 14.1. The number of benzene rings is 2. The number of nitrogens with one attached hydrogen (secondary N) is 1. The predicted octanol–water partition coefficient (Wildman–Crippen LogP) is 5.49. The van der Waals surface area contributed by atoms with Crippen molar-refractivity contribution >= 4 is 29.5 Å². The maximum absolute atomic E-state index is 14.1. The highest BCUT2D eigenvalue weighted by Crippen LogP contribution is 2.35. The number of halogens is 5. The summed E-state index contributed by atoms with van der Waals surface area (Å²) in [6, 6.07) is 5.60. The van der Waals surface area contributed by atoms with E-state index in [0.717, 1.165) is 30.1 Å². The third-order valence-electron chi connectivity index (χ3n) is 3.06. The van der Waals surface area contributed by atoms with Crippen LogP contribution >= 0.6 is 23.5 Å². The number of amides is 1. The van der Waals surface area contributed by atoms with E-state index in [1.54, 1.807) is 13.2 Å². The van der Waals surface area contributed by atoms with Crippen molar-refractivity contribution in [1.82, 2.24) is 4.72 Å². The van der Waals surface area contributed by atoms with Crippen LogP contribution in [0.5, 0.6) is 17.2 Å². The van der Waals surface area contributed by atoms with Crippen molar-refractivity contribution in [2.45, 2.75) is 13.3 Å². The lowest BCUT2D eigenvalue weighted by Crippen LogP contribution is -2.17. The highest BCUT2D eigenvalue weighted by Gasteiger charge is 2.32. The van der Waals surface area contributed by atoms with Crippen LogP contribution in [0.3, 0.4) is 0 Å². The Morgan fingerprint density at radius 2 is 1.88 bits per heavy atom. The zero-order chi connectivity index (χ0) is 19.5. The first-order valence-corrected chi connectivity index (χ1v) is 8.57. The van der Waals surface area contributed by atoms with Gasteiger partial charge in [0.1, 0.15) is 23.1 Å². The number of hydrogen-bond acceptors (Lipinski definition) is 4. The van der Waals surface area contributed by atoms with E-state index in [1.807, 2.05) is 0 Å². The number of hydrogen-bond donors (Lipinski definition) is 1. The Bertz CT molecular complexity index is 830. The van der Waals surface area contributed by atoms with Crippen LogP contribution in [0.25, 0.3) is 0 Å². The number of ether oxygens (including phenoxy) is 2. The molecule has 0 saturated heterocycles. The molecule has 0 spiro atoms. The van der Waals surface area contributed by atoms with Crippen LogP contribution in [0.2, 0.25) is 5.02 Å². The summed E-state index contributed by atoms with van der Waals surface area (Å²) in [5.41, 5.74) is 0.292. The first-order valence-electron chi connectivity index (χ1n) is 6.97. The number of aryl methyl sites for hydroxylation is 1. The van der Waals surface area contributed by atoms with Gasteiger partial charge in [0.25, 0.3) is 5.91 Å². The second-order valence-corrected chi connectivity index (χ2v) is 5.99. The van der Waals surface area contributed by atoms with Crippen molar-refractivity contribution in [3.63, 3.8) is 0 Å². The average Bonchev–Trinajstić information content (AvgIpc) is 2.52. The number of carbonyl (C=O) groups is 1. The Kier molecular flexibility index (Phi) is 6.25. The topological polar surface area (TPSA) is 47.6 Å². The summed E-state index contributed by atoms with van der Waals surface area (Å²) in [5.74, 6) is -1.82. The van der Waals surface area contributed by atoms with Gasteiger partial charge in [0, 0.05) is 18.4 Å². The standard InChI is InChI=1S/C16H12ClF4NO3S/c1-8-5-10(15(23)22-26-2)12(18)7-14(8)24-9-3-4-13(11(17)6-9)25-16(19,20)21/h3-7H,1-2H3,(H,22,23). The Morgan fingerprint density at radius 1 is 1.19 bits per heavy atom. The summed E-state index contributed by atoms with van der Waals surface area (Å²) < 4.78 is 62.4. The van der Waals surface area contributed by atoms with Crippen LogP contribution in [0.15, 0.2) is 30.3 Å². The lowest BCUT2D eigenvalue weighted by Gasteiger charge is -2.13. The number of carbonyl (C=O) groups excluding carboxylic acids is 1. The van der Waals surface area contributed by atoms with Crippen molar-refractivity contribution in [3.8, 4) is 17.2 Å². The molecule has 0 fully saturated rings. The largest absolute Gasteiger partial charge is 0.573 e. The number of rotatable bonds is 5. The fourth-order valence-corrected chi connectivity index (χ4v) is 2.48. The third-order valence-corrected chi connectivity index (χ3v) is 3.75. The quantitative estimate of drug-likeness (QED) is 0.524. The Labute approximate surface area is 155 Å². The minimum Gasteiger partial charge on any atom is -0.457 e. The summed E-state index contributed by atoms with van der Waals surface area (Å²) in [5, 5.41) is -0.325. The molecule has 0 saturated carbocycles. The van der Waals surface area contributed by atoms with Gasteiger partial charge in [0.15, 0.2) is 0 Å². The monoisotopic (exact) mass is 409 g/mol. The molecule has 0 aromatic heterocycles. The molecule has 0 bridgehead atoms. The Morgan fingerprint density at radius 3 is 2.46 bits per heavy atom. The van der Waals surface area contributed by atoms with Crippen LogP contribution in [0.4, 0.5) is 17.6 Å². The molecule has 140 valence electrons. The van der Waals surface area contributed by atoms with E-state index in [9.17, 15) is 22.4 Å². The van der Waals surface area contributed by atoms with Crippen molar-refractivity contribution in [1.29, 1.82) is 0 Å². The van der Waals surface area contributed by atoms with E-state index in [4.69, 9.17) is 16.3 Å². The second kappa shape index (κ2) is 8.05. The van der Waals surface area contributed by atoms with Crippen LogP contribution in [-0.2, 0) is 0 Å². The second-order valence-electron chi connectivity index (χ2n) is 4.97. The van der Waals surface area contributed by atoms with Gasteiger partial charge in [-0.2, -0.15) is 0 Å². The van der Waals surface area contributed by atoms with Crippen LogP contribution in [-0.4, -0.2) is 18.5 Å². The third kappa shape index (κ3) is 5.18. The van der Waals surface area contributed by atoms with Gasteiger partial charge < -0.3 is 9.47 Å². The van der Waals surface area contributed by atoms with Crippen molar-refractivity contribution in [2.24, 2.45) is 0 Å². The molecule has 2 aromatic carbocycles. The van der Waals surface area contributed by atoms with Gasteiger partial charge >= 0.3 is 6.36 Å². The fraction of sp³-hybridized carbons (Fsp3) is 0.188. The SMILES string of the molecule is CSNC(=O)c1cc(C)c(Oc2ccc(OC(F)(F)F)c(Cl)c2)cc1F. The molecular weight excluding hydrogens is 398 g/mol. The number of alkyl halides is 3. The molecule has 10 heteroatoms. The average molecular weight is 410 g/mol. The van der Waals surface area contributed by atoms with E-state index >= 15 is 0 Å². The van der Waals surface area contributed by atoms with Gasteiger partial charge in [-0.25, -0.2) is 4.39 Å². The molecule has 26 heavy (non-hydrogen) atoms. The van der Waals surface area contributed by atoms with E-state index in [1.165, 1.54) is 12.1 Å². The Balaban J connectivity index is 2.25. The van der Waals surface area contributed by atoms with Gasteiger partial charge in [-0.05, 0) is 30.7 Å². The summed E-state index contributed by atoms with van der Waals surface area (Å²) in [7, 11) is 0. The molecule has 0 radical (unpaired) electrons. The lowest BCUT2D eigenvalue weighted by atomic mass is 10.1. The molecule has 2 rings (SSSR count). The summed E-state index contributed by atoms with van der Waals surface area (Å²) in [4.78, 5) is 11.7. The normalized spacial score (nSPS) is 11.2. The molecule has 0 aliphatic heterocycles. The van der Waals surface area contributed by atoms with Gasteiger partial charge in [-0.1, -0.05) is 23.5 Å². The summed E-state index contributed by atoms with van der Waals surface area (Å²) in [6.45, 7) is 1.59. The first-order chi connectivity index (χ1) is 12.1. The highest BCUT2D eigenvalue weighted by atomic mass is 35.5. The zero-order valence-electron chi connectivity index (χ0n) is 13.4. The molecule has 1 amide bonds. The molecule has 0 atom stereocenters. The predicted molar refractivity (Wildman–Crippen MR) is 90.3 cm³/mol. The molecule has 2 aromatic rings.